The number of aryl methyl sites for hydroxylation is 1. The molecule has 2 aromatic rings. The molecule has 114 valence electrons. The number of hydrogen-bond donors (Lipinski definition) is 1. The maximum Gasteiger partial charge on any atom is 0.138 e. The Morgan fingerprint density at radius 1 is 1.24 bits per heavy atom. The fourth-order valence-corrected chi connectivity index (χ4v) is 2.21. The van der Waals surface area contributed by atoms with Crippen LogP contribution in [-0.4, -0.2) is 21.1 Å². The normalized spacial score (nSPS) is 11.9. The van der Waals surface area contributed by atoms with Crippen molar-refractivity contribution in [3.8, 4) is 5.82 Å². The molecule has 0 atom stereocenters. The Morgan fingerprint density at radius 2 is 2.00 bits per heavy atom. The highest BCUT2D eigenvalue weighted by molar-refractivity contribution is 5.34. The SMILES string of the molecule is CCCNCc1cc(-n2ccnc2C)nc(C(C)(C)C)c1. The highest BCUT2D eigenvalue weighted by Crippen LogP contribution is 2.23. The summed E-state index contributed by atoms with van der Waals surface area (Å²) in [6.07, 6.45) is 4.92. The molecule has 0 saturated carbocycles. The largest absolute Gasteiger partial charge is 0.313 e. The van der Waals surface area contributed by atoms with Gasteiger partial charge in [-0.1, -0.05) is 27.7 Å². The molecule has 0 spiro atoms. The van der Waals surface area contributed by atoms with Crippen LogP contribution in [0.1, 0.15) is 51.2 Å². The van der Waals surface area contributed by atoms with Crippen LogP contribution in [0.4, 0.5) is 0 Å². The van der Waals surface area contributed by atoms with Gasteiger partial charge in [0.1, 0.15) is 11.6 Å². The van der Waals surface area contributed by atoms with E-state index in [-0.39, 0.29) is 5.41 Å². The second-order valence-corrected chi connectivity index (χ2v) is 6.49. The third kappa shape index (κ3) is 3.91. The minimum atomic E-state index is 0.0317. The zero-order chi connectivity index (χ0) is 15.5. The first-order chi connectivity index (χ1) is 9.91. The van der Waals surface area contributed by atoms with Gasteiger partial charge in [0, 0.05) is 30.0 Å². The molecule has 0 aliphatic rings. The molecule has 0 fully saturated rings. The van der Waals surface area contributed by atoms with Crippen LogP contribution in [0.3, 0.4) is 0 Å². The number of aromatic nitrogens is 3. The standard InChI is InChI=1S/C17H26N4/c1-6-7-18-12-14-10-15(17(3,4)5)20-16(11-14)21-9-8-19-13(21)2/h8-11,18H,6-7,12H2,1-5H3. The predicted octanol–water partition coefficient (Wildman–Crippen LogP) is 3.37. The maximum atomic E-state index is 4.83. The molecule has 0 amide bonds. The molecule has 2 heterocycles. The molecular formula is C17H26N4. The van der Waals surface area contributed by atoms with Gasteiger partial charge >= 0.3 is 0 Å². The van der Waals surface area contributed by atoms with Crippen LogP contribution >= 0.6 is 0 Å². The van der Waals surface area contributed by atoms with E-state index in [0.29, 0.717) is 0 Å². The van der Waals surface area contributed by atoms with Crippen LogP contribution < -0.4 is 5.32 Å². The van der Waals surface area contributed by atoms with Gasteiger partial charge in [-0.15, -0.1) is 0 Å². The number of pyridine rings is 1. The van der Waals surface area contributed by atoms with Crippen molar-refractivity contribution in [3.05, 3.63) is 41.6 Å². The summed E-state index contributed by atoms with van der Waals surface area (Å²) < 4.78 is 2.04. The van der Waals surface area contributed by atoms with Crippen molar-refractivity contribution in [2.75, 3.05) is 6.54 Å². The van der Waals surface area contributed by atoms with Crippen molar-refractivity contribution in [2.24, 2.45) is 0 Å². The van der Waals surface area contributed by atoms with Crippen molar-refractivity contribution in [1.29, 1.82) is 0 Å². The molecule has 4 nitrogen and oxygen atoms in total. The molecule has 2 rings (SSSR count). The summed E-state index contributed by atoms with van der Waals surface area (Å²) in [6, 6.07) is 4.35. The number of rotatable bonds is 5. The van der Waals surface area contributed by atoms with Gasteiger partial charge in [0.2, 0.25) is 0 Å². The Hall–Kier alpha value is -1.68. The lowest BCUT2D eigenvalue weighted by Gasteiger charge is -2.20. The van der Waals surface area contributed by atoms with Gasteiger partial charge in [0.05, 0.1) is 0 Å². The summed E-state index contributed by atoms with van der Waals surface area (Å²) in [7, 11) is 0. The predicted molar refractivity (Wildman–Crippen MR) is 86.8 cm³/mol. The fraction of sp³-hybridized carbons (Fsp3) is 0.529. The molecule has 0 radical (unpaired) electrons. The zero-order valence-electron chi connectivity index (χ0n) is 13.8. The third-order valence-electron chi connectivity index (χ3n) is 3.47. The average Bonchev–Trinajstić information content (AvgIpc) is 2.84. The van der Waals surface area contributed by atoms with Crippen LogP contribution in [0, 0.1) is 6.92 Å². The number of imidazole rings is 1. The Bertz CT molecular complexity index is 593. The van der Waals surface area contributed by atoms with E-state index in [1.165, 1.54) is 5.56 Å². The van der Waals surface area contributed by atoms with Gasteiger partial charge in [-0.05, 0) is 37.6 Å². The van der Waals surface area contributed by atoms with E-state index in [1.54, 1.807) is 0 Å². The van der Waals surface area contributed by atoms with E-state index in [9.17, 15) is 0 Å². The summed E-state index contributed by atoms with van der Waals surface area (Å²) >= 11 is 0. The lowest BCUT2D eigenvalue weighted by Crippen LogP contribution is -2.19. The molecule has 0 aliphatic carbocycles. The molecular weight excluding hydrogens is 260 g/mol. The van der Waals surface area contributed by atoms with E-state index >= 15 is 0 Å². The zero-order valence-corrected chi connectivity index (χ0v) is 13.8. The third-order valence-corrected chi connectivity index (χ3v) is 3.47. The van der Waals surface area contributed by atoms with E-state index < -0.39 is 0 Å². The first-order valence-electron chi connectivity index (χ1n) is 7.64. The van der Waals surface area contributed by atoms with Crippen LogP contribution in [0.5, 0.6) is 0 Å². The molecule has 21 heavy (non-hydrogen) atoms. The molecule has 4 heteroatoms. The summed E-state index contributed by atoms with van der Waals surface area (Å²) in [4.78, 5) is 9.13. The minimum Gasteiger partial charge on any atom is -0.313 e. The van der Waals surface area contributed by atoms with E-state index in [1.807, 2.05) is 23.9 Å². The quantitative estimate of drug-likeness (QED) is 0.857. The van der Waals surface area contributed by atoms with Crippen molar-refractivity contribution in [2.45, 2.75) is 53.0 Å². The van der Waals surface area contributed by atoms with Crippen LogP contribution in [0.25, 0.3) is 5.82 Å². The van der Waals surface area contributed by atoms with E-state index in [2.05, 4.69) is 50.1 Å². The van der Waals surface area contributed by atoms with Crippen molar-refractivity contribution in [1.82, 2.24) is 19.9 Å². The topological polar surface area (TPSA) is 42.7 Å². The van der Waals surface area contributed by atoms with Gasteiger partial charge in [-0.25, -0.2) is 9.97 Å². The Morgan fingerprint density at radius 3 is 2.57 bits per heavy atom. The van der Waals surface area contributed by atoms with Crippen molar-refractivity contribution in [3.63, 3.8) is 0 Å². The molecule has 0 unspecified atom stereocenters. The molecule has 2 aromatic heterocycles. The molecule has 0 saturated heterocycles. The lowest BCUT2D eigenvalue weighted by atomic mass is 9.90. The lowest BCUT2D eigenvalue weighted by molar-refractivity contribution is 0.564. The smallest absolute Gasteiger partial charge is 0.138 e. The Labute approximate surface area is 127 Å². The molecule has 0 bridgehead atoms. The van der Waals surface area contributed by atoms with Gasteiger partial charge < -0.3 is 5.32 Å². The minimum absolute atomic E-state index is 0.0317. The van der Waals surface area contributed by atoms with Gasteiger partial charge in [0.15, 0.2) is 0 Å². The van der Waals surface area contributed by atoms with Crippen LogP contribution in [-0.2, 0) is 12.0 Å². The average molecular weight is 286 g/mol. The van der Waals surface area contributed by atoms with Gasteiger partial charge in [0.25, 0.3) is 0 Å². The molecule has 0 aromatic carbocycles. The highest BCUT2D eigenvalue weighted by Gasteiger charge is 2.18. The summed E-state index contributed by atoms with van der Waals surface area (Å²) in [5.41, 5.74) is 2.41. The number of nitrogens with one attached hydrogen (secondary N) is 1. The fourth-order valence-electron chi connectivity index (χ4n) is 2.21. The van der Waals surface area contributed by atoms with Gasteiger partial charge in [-0.2, -0.15) is 0 Å². The monoisotopic (exact) mass is 286 g/mol. The van der Waals surface area contributed by atoms with Crippen LogP contribution in [0.15, 0.2) is 24.5 Å². The van der Waals surface area contributed by atoms with Crippen LogP contribution in [0.2, 0.25) is 0 Å². The number of hydrogen-bond acceptors (Lipinski definition) is 3. The second kappa shape index (κ2) is 6.39. The summed E-state index contributed by atoms with van der Waals surface area (Å²) in [6.45, 7) is 12.7. The van der Waals surface area contributed by atoms with Crippen molar-refractivity contribution < 1.29 is 0 Å². The van der Waals surface area contributed by atoms with Crippen molar-refractivity contribution >= 4 is 0 Å². The maximum absolute atomic E-state index is 4.83. The second-order valence-electron chi connectivity index (χ2n) is 6.49. The van der Waals surface area contributed by atoms with E-state index in [4.69, 9.17) is 4.98 Å². The Balaban J connectivity index is 2.40. The first-order valence-corrected chi connectivity index (χ1v) is 7.64. The molecule has 1 N–H and O–H groups in total. The van der Waals surface area contributed by atoms with Gasteiger partial charge in [-0.3, -0.25) is 4.57 Å². The summed E-state index contributed by atoms with van der Waals surface area (Å²) in [5, 5.41) is 3.46. The first kappa shape index (κ1) is 15.7. The number of nitrogens with zero attached hydrogens (tertiary/aromatic N) is 3. The Kier molecular flexibility index (Phi) is 4.78. The molecule has 0 aliphatic heterocycles. The summed E-state index contributed by atoms with van der Waals surface area (Å²) in [5.74, 6) is 1.91. The van der Waals surface area contributed by atoms with E-state index in [0.717, 1.165) is 36.8 Å². The highest BCUT2D eigenvalue weighted by atomic mass is 15.1.